The molecule has 5 atom stereocenters. The van der Waals surface area contributed by atoms with Gasteiger partial charge in [-0.1, -0.05) is 49.4 Å². The van der Waals surface area contributed by atoms with Gasteiger partial charge < -0.3 is 30.5 Å². The van der Waals surface area contributed by atoms with Crippen LogP contribution in [0.15, 0.2) is 54.6 Å². The van der Waals surface area contributed by atoms with E-state index < -0.39 is 36.3 Å². The quantitative estimate of drug-likeness (QED) is 0.407. The Bertz CT molecular complexity index is 983. The summed E-state index contributed by atoms with van der Waals surface area (Å²) in [6.07, 6.45) is 0.562. The topological polar surface area (TPSA) is 136 Å². The van der Waals surface area contributed by atoms with Gasteiger partial charge in [0.05, 0.1) is 17.8 Å². The number of aliphatic hydroxyl groups is 3. The number of hydrogen-bond donors (Lipinski definition) is 5. The lowest BCUT2D eigenvalue weighted by molar-refractivity contribution is -0.139. The predicted molar refractivity (Wildman–Crippen MR) is 130 cm³/mol. The van der Waals surface area contributed by atoms with E-state index in [4.69, 9.17) is 9.84 Å². The molecule has 0 aliphatic heterocycles. The van der Waals surface area contributed by atoms with E-state index in [0.717, 1.165) is 5.56 Å². The Morgan fingerprint density at radius 1 is 1.03 bits per heavy atom. The van der Waals surface area contributed by atoms with Crippen molar-refractivity contribution in [3.63, 3.8) is 0 Å². The van der Waals surface area contributed by atoms with Crippen LogP contribution < -0.4 is 10.1 Å². The summed E-state index contributed by atoms with van der Waals surface area (Å²) in [5, 5.41) is 45.0. The van der Waals surface area contributed by atoms with Crippen LogP contribution in [0.1, 0.15) is 60.9 Å². The molecule has 0 saturated heterocycles. The molecule has 0 aromatic heterocycles. The van der Waals surface area contributed by atoms with Gasteiger partial charge in [-0.25, -0.2) is 4.79 Å². The van der Waals surface area contributed by atoms with E-state index in [9.17, 15) is 24.9 Å². The zero-order chi connectivity index (χ0) is 25.4. The lowest BCUT2D eigenvalue weighted by atomic mass is 9.76. The Kier molecular flexibility index (Phi) is 9.26. The zero-order valence-electron chi connectivity index (χ0n) is 20.0. The number of para-hydroxylation sites is 1. The number of amides is 1. The number of benzene rings is 2. The SMILES string of the molecule is C[C@@H]1CC[C@@H](O)[C@@](O)(CNC(=O)c2ccccc2OCC(=O)O)C[C@H](c2ccccc2)C[C@@H](O)C1. The summed E-state index contributed by atoms with van der Waals surface area (Å²) in [7, 11) is 0. The maximum Gasteiger partial charge on any atom is 0.341 e. The van der Waals surface area contributed by atoms with Gasteiger partial charge in [-0.05, 0) is 61.6 Å². The number of ether oxygens (including phenoxy) is 1. The van der Waals surface area contributed by atoms with Crippen molar-refractivity contribution in [1.82, 2.24) is 5.32 Å². The van der Waals surface area contributed by atoms with Gasteiger partial charge in [-0.15, -0.1) is 0 Å². The number of carboxylic acids is 1. The number of aliphatic carboxylic acids is 1. The fraction of sp³-hybridized carbons (Fsp3) is 0.481. The number of hydrogen-bond acceptors (Lipinski definition) is 6. The monoisotopic (exact) mass is 485 g/mol. The van der Waals surface area contributed by atoms with Crippen LogP contribution in [0, 0.1) is 5.92 Å². The van der Waals surface area contributed by atoms with Gasteiger partial charge in [-0.2, -0.15) is 0 Å². The van der Waals surface area contributed by atoms with E-state index >= 15 is 0 Å². The zero-order valence-corrected chi connectivity index (χ0v) is 20.0. The molecule has 0 spiro atoms. The van der Waals surface area contributed by atoms with Crippen LogP contribution in [-0.4, -0.2) is 63.3 Å². The molecule has 1 amide bonds. The maximum atomic E-state index is 13.0. The summed E-state index contributed by atoms with van der Waals surface area (Å²) in [5.41, 5.74) is -0.552. The van der Waals surface area contributed by atoms with E-state index in [1.165, 1.54) is 12.1 Å². The molecular weight excluding hydrogens is 450 g/mol. The molecule has 0 radical (unpaired) electrons. The van der Waals surface area contributed by atoms with E-state index in [0.29, 0.717) is 25.7 Å². The van der Waals surface area contributed by atoms with Crippen molar-refractivity contribution in [2.45, 2.75) is 62.8 Å². The molecule has 1 fully saturated rings. The maximum absolute atomic E-state index is 13.0. The van der Waals surface area contributed by atoms with Crippen molar-refractivity contribution >= 4 is 11.9 Å². The first-order valence-electron chi connectivity index (χ1n) is 12.0. The second kappa shape index (κ2) is 12.2. The Morgan fingerprint density at radius 3 is 2.43 bits per heavy atom. The summed E-state index contributed by atoms with van der Waals surface area (Å²) in [4.78, 5) is 23.8. The Labute approximate surface area is 205 Å². The van der Waals surface area contributed by atoms with Crippen LogP contribution in [0.2, 0.25) is 0 Å². The van der Waals surface area contributed by atoms with Crippen molar-refractivity contribution in [1.29, 1.82) is 0 Å². The highest BCUT2D eigenvalue weighted by Gasteiger charge is 2.40. The molecule has 2 aromatic carbocycles. The van der Waals surface area contributed by atoms with Crippen LogP contribution in [0.5, 0.6) is 5.75 Å². The Balaban J connectivity index is 1.82. The molecule has 2 aromatic rings. The standard InChI is InChI=1S/C27H35NO7/c1-18-11-12-24(30)27(34,15-20(14-21(29)13-18)19-7-3-2-4-8-19)17-28-26(33)22-9-5-6-10-23(22)35-16-25(31)32/h2-10,18,20-21,24,29-30,34H,11-17H2,1H3,(H,28,33)(H,31,32)/t18-,20-,21+,24-,27+/m1/s1. The fourth-order valence-electron chi connectivity index (χ4n) is 4.78. The summed E-state index contributed by atoms with van der Waals surface area (Å²) in [5.74, 6) is -1.65. The predicted octanol–water partition coefficient (Wildman–Crippen LogP) is 2.72. The fourth-order valence-corrected chi connectivity index (χ4v) is 4.78. The number of carbonyl (C=O) groups is 2. The molecule has 190 valence electrons. The van der Waals surface area contributed by atoms with Crippen LogP contribution in [0.3, 0.4) is 0 Å². The molecule has 1 saturated carbocycles. The first-order valence-corrected chi connectivity index (χ1v) is 12.0. The minimum atomic E-state index is -1.64. The Hall–Kier alpha value is -2.94. The van der Waals surface area contributed by atoms with Crippen LogP contribution in [0.4, 0.5) is 0 Å². The second-order valence-corrected chi connectivity index (χ2v) is 9.60. The lowest BCUT2D eigenvalue weighted by Gasteiger charge is -2.38. The molecule has 0 unspecified atom stereocenters. The van der Waals surface area contributed by atoms with E-state index in [1.54, 1.807) is 12.1 Å². The van der Waals surface area contributed by atoms with Crippen LogP contribution in [-0.2, 0) is 4.79 Å². The summed E-state index contributed by atoms with van der Waals surface area (Å²) in [6.45, 7) is 1.21. The van der Waals surface area contributed by atoms with E-state index in [1.807, 2.05) is 37.3 Å². The smallest absolute Gasteiger partial charge is 0.341 e. The summed E-state index contributed by atoms with van der Waals surface area (Å²) in [6, 6.07) is 15.8. The molecule has 1 aliphatic carbocycles. The lowest BCUT2D eigenvalue weighted by Crippen LogP contribution is -2.52. The van der Waals surface area contributed by atoms with Gasteiger partial charge >= 0.3 is 5.97 Å². The van der Waals surface area contributed by atoms with E-state index in [-0.39, 0.29) is 36.1 Å². The molecule has 0 bridgehead atoms. The van der Waals surface area contributed by atoms with Gasteiger partial charge in [0, 0.05) is 6.54 Å². The van der Waals surface area contributed by atoms with Gasteiger partial charge in [-0.3, -0.25) is 4.79 Å². The molecular formula is C27H35NO7. The number of nitrogens with one attached hydrogen (secondary N) is 1. The van der Waals surface area contributed by atoms with E-state index in [2.05, 4.69) is 5.32 Å². The number of carboxylic acid groups (broad SMARTS) is 1. The third kappa shape index (κ3) is 7.52. The first kappa shape index (κ1) is 26.7. The van der Waals surface area contributed by atoms with Crippen molar-refractivity contribution < 1.29 is 34.8 Å². The molecule has 3 rings (SSSR count). The van der Waals surface area contributed by atoms with Crippen molar-refractivity contribution in [2.75, 3.05) is 13.2 Å². The first-order chi connectivity index (χ1) is 16.7. The minimum Gasteiger partial charge on any atom is -0.481 e. The number of carbonyl (C=O) groups excluding carboxylic acids is 1. The minimum absolute atomic E-state index is 0.116. The highest BCUT2D eigenvalue weighted by molar-refractivity contribution is 5.97. The Morgan fingerprint density at radius 2 is 1.71 bits per heavy atom. The molecule has 0 heterocycles. The average Bonchev–Trinajstić information content (AvgIpc) is 2.84. The van der Waals surface area contributed by atoms with Crippen molar-refractivity contribution in [2.24, 2.45) is 5.92 Å². The third-order valence-corrected chi connectivity index (χ3v) is 6.69. The average molecular weight is 486 g/mol. The highest BCUT2D eigenvalue weighted by atomic mass is 16.5. The normalized spacial score (nSPS) is 27.5. The molecule has 5 N–H and O–H groups in total. The van der Waals surface area contributed by atoms with Crippen molar-refractivity contribution in [3.05, 3.63) is 65.7 Å². The van der Waals surface area contributed by atoms with Gasteiger partial charge in [0.15, 0.2) is 6.61 Å². The second-order valence-electron chi connectivity index (χ2n) is 9.60. The third-order valence-electron chi connectivity index (χ3n) is 6.69. The molecule has 8 heteroatoms. The van der Waals surface area contributed by atoms with Crippen LogP contribution in [0.25, 0.3) is 0 Å². The molecule has 1 aliphatic rings. The molecule has 35 heavy (non-hydrogen) atoms. The van der Waals surface area contributed by atoms with Crippen molar-refractivity contribution in [3.8, 4) is 5.75 Å². The van der Waals surface area contributed by atoms with Gasteiger partial charge in [0.25, 0.3) is 5.91 Å². The summed E-state index contributed by atoms with van der Waals surface area (Å²) < 4.78 is 5.22. The number of aliphatic hydroxyl groups excluding tert-OH is 2. The van der Waals surface area contributed by atoms with Gasteiger partial charge in [0.2, 0.25) is 0 Å². The molecule has 8 nitrogen and oxygen atoms in total. The number of rotatable bonds is 7. The highest BCUT2D eigenvalue weighted by Crippen LogP contribution is 2.36. The van der Waals surface area contributed by atoms with Crippen LogP contribution >= 0.6 is 0 Å². The summed E-state index contributed by atoms with van der Waals surface area (Å²) >= 11 is 0. The van der Waals surface area contributed by atoms with Gasteiger partial charge in [0.1, 0.15) is 11.4 Å². The largest absolute Gasteiger partial charge is 0.481 e.